The second-order valence-corrected chi connectivity index (χ2v) is 5.20. The monoisotopic (exact) mass is 280 g/mol. The van der Waals surface area contributed by atoms with Crippen molar-refractivity contribution in [2.45, 2.75) is 46.5 Å². The molecule has 0 spiro atoms. The molecule has 1 heterocycles. The Morgan fingerprint density at radius 1 is 1.20 bits per heavy atom. The van der Waals surface area contributed by atoms with Crippen LogP contribution in [0.5, 0.6) is 0 Å². The van der Waals surface area contributed by atoms with E-state index in [1.54, 1.807) is 0 Å². The number of hydrogen-bond acceptors (Lipinski definition) is 5. The van der Waals surface area contributed by atoms with Crippen LogP contribution in [-0.4, -0.2) is 34.8 Å². The fourth-order valence-electron chi connectivity index (χ4n) is 2.12. The molecule has 1 atom stereocenters. The minimum atomic E-state index is 0.248. The average molecular weight is 280 g/mol. The number of aryl methyl sites for hydroxylation is 1. The van der Waals surface area contributed by atoms with Gasteiger partial charge in [-0.05, 0) is 32.1 Å². The molecule has 20 heavy (non-hydrogen) atoms. The number of aromatic nitrogens is 2. The number of nitrogens with zero attached hydrogens (tertiary/aromatic N) is 2. The molecule has 1 unspecified atom stereocenters. The second-order valence-electron chi connectivity index (χ2n) is 5.20. The van der Waals surface area contributed by atoms with Crippen molar-refractivity contribution < 1.29 is 5.11 Å². The van der Waals surface area contributed by atoms with Crippen molar-refractivity contribution in [2.75, 3.05) is 30.3 Å². The van der Waals surface area contributed by atoms with Crippen molar-refractivity contribution in [3.63, 3.8) is 0 Å². The number of hydrogen-bond donors (Lipinski definition) is 3. The van der Waals surface area contributed by atoms with Crippen LogP contribution in [0, 0.1) is 12.8 Å². The van der Waals surface area contributed by atoms with Gasteiger partial charge in [0.1, 0.15) is 5.82 Å². The molecule has 0 aliphatic rings. The molecule has 0 aromatic carbocycles. The molecule has 3 N–H and O–H groups in total. The Bertz CT molecular complexity index is 378. The molecule has 1 rings (SSSR count). The maximum atomic E-state index is 9.09. The van der Waals surface area contributed by atoms with Crippen molar-refractivity contribution in [1.82, 2.24) is 9.97 Å². The Labute approximate surface area is 122 Å². The zero-order chi connectivity index (χ0) is 14.8. The van der Waals surface area contributed by atoms with E-state index in [-0.39, 0.29) is 6.61 Å². The third-order valence-corrected chi connectivity index (χ3v) is 3.30. The molecule has 5 nitrogen and oxygen atoms in total. The van der Waals surface area contributed by atoms with Crippen molar-refractivity contribution in [1.29, 1.82) is 0 Å². The fraction of sp³-hybridized carbons (Fsp3) is 0.733. The van der Waals surface area contributed by atoms with E-state index in [0.29, 0.717) is 11.9 Å². The van der Waals surface area contributed by atoms with E-state index in [2.05, 4.69) is 34.4 Å². The van der Waals surface area contributed by atoms with Gasteiger partial charge in [-0.3, -0.25) is 0 Å². The topological polar surface area (TPSA) is 70.1 Å². The molecule has 0 fully saturated rings. The highest BCUT2D eigenvalue weighted by Crippen LogP contribution is 2.16. The first kappa shape index (κ1) is 16.7. The third-order valence-electron chi connectivity index (χ3n) is 3.30. The summed E-state index contributed by atoms with van der Waals surface area (Å²) < 4.78 is 0. The summed E-state index contributed by atoms with van der Waals surface area (Å²) in [5, 5.41) is 15.7. The zero-order valence-electron chi connectivity index (χ0n) is 12.9. The van der Waals surface area contributed by atoms with Gasteiger partial charge >= 0.3 is 0 Å². The molecule has 0 bridgehead atoms. The molecule has 0 radical (unpaired) electrons. The van der Waals surface area contributed by atoms with Gasteiger partial charge in [-0.2, -0.15) is 4.98 Å². The lowest BCUT2D eigenvalue weighted by Crippen LogP contribution is -2.17. The summed E-state index contributed by atoms with van der Waals surface area (Å²) in [6.07, 6.45) is 5.99. The van der Waals surface area contributed by atoms with Crippen molar-refractivity contribution in [3.05, 3.63) is 11.8 Å². The van der Waals surface area contributed by atoms with Crippen molar-refractivity contribution in [2.24, 2.45) is 5.92 Å². The maximum absolute atomic E-state index is 9.09. The molecular weight excluding hydrogens is 252 g/mol. The van der Waals surface area contributed by atoms with Gasteiger partial charge in [0.25, 0.3) is 0 Å². The van der Waals surface area contributed by atoms with E-state index in [4.69, 9.17) is 5.11 Å². The number of aliphatic hydroxyl groups excluding tert-OH is 1. The van der Waals surface area contributed by atoms with Gasteiger partial charge in [0, 0.05) is 31.5 Å². The van der Waals surface area contributed by atoms with E-state index in [1.807, 2.05) is 13.1 Å². The highest BCUT2D eigenvalue weighted by atomic mass is 16.3. The molecule has 0 saturated heterocycles. The van der Waals surface area contributed by atoms with E-state index in [0.717, 1.165) is 50.2 Å². The van der Waals surface area contributed by atoms with E-state index < -0.39 is 0 Å². The van der Waals surface area contributed by atoms with Crippen LogP contribution in [0.2, 0.25) is 0 Å². The minimum Gasteiger partial charge on any atom is -0.396 e. The number of rotatable bonds is 10. The van der Waals surface area contributed by atoms with Gasteiger partial charge in [-0.1, -0.05) is 20.3 Å². The lowest BCUT2D eigenvalue weighted by atomic mass is 10.0. The van der Waals surface area contributed by atoms with Crippen LogP contribution in [0.15, 0.2) is 6.20 Å². The first-order valence-corrected chi connectivity index (χ1v) is 7.63. The van der Waals surface area contributed by atoms with Gasteiger partial charge in [-0.15, -0.1) is 0 Å². The quantitative estimate of drug-likeness (QED) is 0.615. The molecule has 5 heteroatoms. The van der Waals surface area contributed by atoms with Gasteiger partial charge in [0.2, 0.25) is 5.95 Å². The van der Waals surface area contributed by atoms with Gasteiger partial charge in [-0.25, -0.2) is 4.98 Å². The van der Waals surface area contributed by atoms with Gasteiger partial charge in [0.15, 0.2) is 0 Å². The number of aliphatic hydroxyl groups is 1. The largest absolute Gasteiger partial charge is 0.396 e. The fourth-order valence-corrected chi connectivity index (χ4v) is 2.12. The molecule has 0 saturated carbocycles. The van der Waals surface area contributed by atoms with Gasteiger partial charge < -0.3 is 15.7 Å². The Hall–Kier alpha value is -1.36. The third kappa shape index (κ3) is 5.74. The normalized spacial score (nSPS) is 12.2. The lowest BCUT2D eigenvalue weighted by Gasteiger charge is -2.17. The Kier molecular flexibility index (Phi) is 7.95. The van der Waals surface area contributed by atoms with Crippen LogP contribution in [0.3, 0.4) is 0 Å². The number of anilines is 2. The summed E-state index contributed by atoms with van der Waals surface area (Å²) in [5.41, 5.74) is 1.05. The molecular formula is C15H28N4O. The molecule has 114 valence electrons. The average Bonchev–Trinajstić information content (AvgIpc) is 2.45. The second kappa shape index (κ2) is 9.53. The predicted molar refractivity (Wildman–Crippen MR) is 84.1 cm³/mol. The van der Waals surface area contributed by atoms with Crippen molar-refractivity contribution >= 4 is 11.8 Å². The molecule has 0 aliphatic carbocycles. The highest BCUT2D eigenvalue weighted by Gasteiger charge is 2.09. The summed E-state index contributed by atoms with van der Waals surface area (Å²) in [5.74, 6) is 2.05. The van der Waals surface area contributed by atoms with Crippen LogP contribution >= 0.6 is 0 Å². The summed E-state index contributed by atoms with van der Waals surface area (Å²) in [6, 6.07) is 0. The smallest absolute Gasteiger partial charge is 0.224 e. The molecule has 0 amide bonds. The molecule has 1 aromatic rings. The van der Waals surface area contributed by atoms with Crippen LogP contribution < -0.4 is 10.6 Å². The maximum Gasteiger partial charge on any atom is 0.224 e. The summed E-state index contributed by atoms with van der Waals surface area (Å²) >= 11 is 0. The predicted octanol–water partition coefficient (Wildman–Crippen LogP) is 2.82. The molecule has 1 aromatic heterocycles. The Morgan fingerprint density at radius 2 is 2.00 bits per heavy atom. The summed E-state index contributed by atoms with van der Waals surface area (Å²) in [4.78, 5) is 8.78. The van der Waals surface area contributed by atoms with Crippen LogP contribution in [-0.2, 0) is 0 Å². The minimum absolute atomic E-state index is 0.248. The standard InChI is InChI=1S/C15H28N4O/c1-4-6-13(7-9-20)11-17-14-12(3)10-18-15(19-14)16-8-5-2/h10,13,20H,4-9,11H2,1-3H3,(H2,16,17,18,19). The van der Waals surface area contributed by atoms with E-state index >= 15 is 0 Å². The zero-order valence-corrected chi connectivity index (χ0v) is 12.9. The van der Waals surface area contributed by atoms with Crippen LogP contribution in [0.25, 0.3) is 0 Å². The van der Waals surface area contributed by atoms with Crippen molar-refractivity contribution in [3.8, 4) is 0 Å². The number of nitrogens with one attached hydrogen (secondary N) is 2. The van der Waals surface area contributed by atoms with Crippen LogP contribution in [0.4, 0.5) is 11.8 Å². The Morgan fingerprint density at radius 3 is 2.65 bits per heavy atom. The molecule has 0 aliphatic heterocycles. The SMILES string of the molecule is CCCNc1ncc(C)c(NCC(CCC)CCO)n1. The van der Waals surface area contributed by atoms with Crippen LogP contribution in [0.1, 0.15) is 45.1 Å². The first-order chi connectivity index (χ1) is 9.71. The van der Waals surface area contributed by atoms with E-state index in [1.165, 1.54) is 0 Å². The highest BCUT2D eigenvalue weighted by molar-refractivity contribution is 5.46. The summed E-state index contributed by atoms with van der Waals surface area (Å²) in [7, 11) is 0. The van der Waals surface area contributed by atoms with Gasteiger partial charge in [0.05, 0.1) is 0 Å². The Balaban J connectivity index is 2.60. The van der Waals surface area contributed by atoms with E-state index in [9.17, 15) is 0 Å². The lowest BCUT2D eigenvalue weighted by molar-refractivity contribution is 0.255. The first-order valence-electron chi connectivity index (χ1n) is 7.63. The summed E-state index contributed by atoms with van der Waals surface area (Å²) in [6.45, 7) is 8.27.